The summed E-state index contributed by atoms with van der Waals surface area (Å²) in [6, 6.07) is 1.71. The van der Waals surface area contributed by atoms with Crippen LogP contribution in [0.4, 0.5) is 5.95 Å². The molecule has 2 aromatic heterocycles. The number of nitrogens with one attached hydrogen (secondary N) is 2. The van der Waals surface area contributed by atoms with Crippen molar-refractivity contribution >= 4 is 5.95 Å². The number of hydrogen-bond donors (Lipinski definition) is 2. The van der Waals surface area contributed by atoms with E-state index in [-0.39, 0.29) is 0 Å². The molecule has 2 N–H and O–H groups in total. The smallest absolute Gasteiger partial charge is 0.226 e. The van der Waals surface area contributed by atoms with Crippen molar-refractivity contribution in [3.8, 4) is 5.88 Å². The maximum atomic E-state index is 5.26. The lowest BCUT2D eigenvalue weighted by Gasteiger charge is -2.04. The van der Waals surface area contributed by atoms with E-state index >= 15 is 0 Å². The Morgan fingerprint density at radius 2 is 2.38 bits per heavy atom. The van der Waals surface area contributed by atoms with Crippen LogP contribution in [0.25, 0.3) is 0 Å². The van der Waals surface area contributed by atoms with Gasteiger partial charge in [0.1, 0.15) is 12.2 Å². The highest BCUT2D eigenvalue weighted by atomic mass is 16.5. The maximum Gasteiger partial charge on any atom is 0.226 e. The monoisotopic (exact) mass is 220 g/mol. The zero-order valence-corrected chi connectivity index (χ0v) is 8.84. The molecule has 7 nitrogen and oxygen atoms in total. The Balaban J connectivity index is 1.96. The standard InChI is InChI=1S/C9H12N6O/c1-2-16-8-3-4-10-9(14-8)11-5-7-12-6-13-15-7/h3-4,6H,2,5H2,1H3,(H,10,11,14)(H,12,13,15). The van der Waals surface area contributed by atoms with E-state index in [0.29, 0.717) is 25.0 Å². The van der Waals surface area contributed by atoms with Gasteiger partial charge in [0.2, 0.25) is 11.8 Å². The van der Waals surface area contributed by atoms with Crippen molar-refractivity contribution < 1.29 is 4.74 Å². The molecule has 7 heteroatoms. The van der Waals surface area contributed by atoms with Crippen LogP contribution in [-0.4, -0.2) is 31.8 Å². The van der Waals surface area contributed by atoms with Crippen molar-refractivity contribution in [1.82, 2.24) is 25.1 Å². The van der Waals surface area contributed by atoms with Gasteiger partial charge in [0.15, 0.2) is 0 Å². The summed E-state index contributed by atoms with van der Waals surface area (Å²) in [5.74, 6) is 1.78. The van der Waals surface area contributed by atoms with Gasteiger partial charge in [-0.15, -0.1) is 0 Å². The molecule has 0 spiro atoms. The number of ether oxygens (including phenoxy) is 1. The number of aromatic nitrogens is 5. The third-order valence-corrected chi connectivity index (χ3v) is 1.80. The van der Waals surface area contributed by atoms with Crippen molar-refractivity contribution in [2.75, 3.05) is 11.9 Å². The summed E-state index contributed by atoms with van der Waals surface area (Å²) in [6.45, 7) is 2.98. The van der Waals surface area contributed by atoms with Crippen LogP contribution in [0, 0.1) is 0 Å². The molecule has 0 aromatic carbocycles. The third kappa shape index (κ3) is 2.66. The summed E-state index contributed by atoms with van der Waals surface area (Å²) < 4.78 is 5.26. The number of hydrogen-bond acceptors (Lipinski definition) is 6. The molecule has 0 bridgehead atoms. The first kappa shape index (κ1) is 10.3. The van der Waals surface area contributed by atoms with E-state index in [0.717, 1.165) is 5.82 Å². The van der Waals surface area contributed by atoms with Gasteiger partial charge >= 0.3 is 0 Å². The van der Waals surface area contributed by atoms with Crippen LogP contribution in [0.15, 0.2) is 18.6 Å². The Labute approximate surface area is 92.3 Å². The Kier molecular flexibility index (Phi) is 3.27. The molecule has 0 aliphatic heterocycles. The first-order valence-corrected chi connectivity index (χ1v) is 4.92. The molecule has 2 rings (SSSR count). The molecule has 84 valence electrons. The summed E-state index contributed by atoms with van der Waals surface area (Å²) in [5, 5.41) is 9.49. The van der Waals surface area contributed by atoms with E-state index in [9.17, 15) is 0 Å². The fourth-order valence-electron chi connectivity index (χ4n) is 1.13. The van der Waals surface area contributed by atoms with Crippen LogP contribution in [0.3, 0.4) is 0 Å². The first-order valence-electron chi connectivity index (χ1n) is 4.92. The highest BCUT2D eigenvalue weighted by molar-refractivity contribution is 5.27. The minimum absolute atomic E-state index is 0.496. The quantitative estimate of drug-likeness (QED) is 0.767. The number of anilines is 1. The highest BCUT2D eigenvalue weighted by Gasteiger charge is 2.00. The minimum atomic E-state index is 0.496. The average Bonchev–Trinajstić information content (AvgIpc) is 2.80. The maximum absolute atomic E-state index is 5.26. The number of aromatic amines is 1. The van der Waals surface area contributed by atoms with Gasteiger partial charge in [0.05, 0.1) is 13.2 Å². The molecule has 0 unspecified atom stereocenters. The SMILES string of the molecule is CCOc1ccnc(NCc2ncn[nH]2)n1. The lowest BCUT2D eigenvalue weighted by molar-refractivity contribution is 0.326. The number of H-pyrrole nitrogens is 1. The van der Waals surface area contributed by atoms with Crippen molar-refractivity contribution in [1.29, 1.82) is 0 Å². The highest BCUT2D eigenvalue weighted by Crippen LogP contribution is 2.08. The fourth-order valence-corrected chi connectivity index (χ4v) is 1.13. The van der Waals surface area contributed by atoms with Crippen LogP contribution >= 0.6 is 0 Å². The Hall–Kier alpha value is -2.18. The molecular formula is C9H12N6O. The summed E-state index contributed by atoms with van der Waals surface area (Å²) in [6.07, 6.45) is 3.09. The van der Waals surface area contributed by atoms with Crippen molar-refractivity contribution in [2.45, 2.75) is 13.5 Å². The van der Waals surface area contributed by atoms with E-state index < -0.39 is 0 Å². The van der Waals surface area contributed by atoms with Crippen LogP contribution in [0.5, 0.6) is 5.88 Å². The van der Waals surface area contributed by atoms with E-state index in [1.54, 1.807) is 12.3 Å². The molecule has 0 saturated carbocycles. The molecule has 0 atom stereocenters. The lowest BCUT2D eigenvalue weighted by Crippen LogP contribution is -2.06. The van der Waals surface area contributed by atoms with Gasteiger partial charge in [0, 0.05) is 12.3 Å². The second-order valence-electron chi connectivity index (χ2n) is 2.94. The molecular weight excluding hydrogens is 208 g/mol. The van der Waals surface area contributed by atoms with Crippen molar-refractivity contribution in [3.63, 3.8) is 0 Å². The van der Waals surface area contributed by atoms with Gasteiger partial charge in [0.25, 0.3) is 0 Å². The Bertz CT molecular complexity index is 429. The zero-order chi connectivity index (χ0) is 11.2. The number of rotatable bonds is 5. The van der Waals surface area contributed by atoms with Crippen LogP contribution in [0.1, 0.15) is 12.7 Å². The van der Waals surface area contributed by atoms with Gasteiger partial charge in [-0.1, -0.05) is 0 Å². The molecule has 2 aromatic rings. The van der Waals surface area contributed by atoms with Crippen LogP contribution in [-0.2, 0) is 6.54 Å². The normalized spacial score (nSPS) is 10.1. The molecule has 0 radical (unpaired) electrons. The predicted molar refractivity (Wildman–Crippen MR) is 56.9 cm³/mol. The Morgan fingerprint density at radius 1 is 1.44 bits per heavy atom. The summed E-state index contributed by atoms with van der Waals surface area (Å²) in [5.41, 5.74) is 0. The van der Waals surface area contributed by atoms with E-state index in [1.165, 1.54) is 6.33 Å². The van der Waals surface area contributed by atoms with Crippen molar-refractivity contribution in [3.05, 3.63) is 24.4 Å². The lowest BCUT2D eigenvalue weighted by atomic mass is 10.6. The molecule has 16 heavy (non-hydrogen) atoms. The molecule has 0 aliphatic rings. The largest absolute Gasteiger partial charge is 0.478 e. The predicted octanol–water partition coefficient (Wildman–Crippen LogP) is 0.605. The topological polar surface area (TPSA) is 88.6 Å². The zero-order valence-electron chi connectivity index (χ0n) is 8.84. The van der Waals surface area contributed by atoms with Crippen molar-refractivity contribution in [2.24, 2.45) is 0 Å². The van der Waals surface area contributed by atoms with E-state index in [2.05, 4.69) is 30.5 Å². The van der Waals surface area contributed by atoms with E-state index in [1.807, 2.05) is 6.92 Å². The molecule has 0 aliphatic carbocycles. The average molecular weight is 220 g/mol. The van der Waals surface area contributed by atoms with Gasteiger partial charge in [-0.2, -0.15) is 10.1 Å². The molecule has 0 fully saturated rings. The second-order valence-corrected chi connectivity index (χ2v) is 2.94. The molecule has 0 saturated heterocycles. The number of nitrogens with zero attached hydrogens (tertiary/aromatic N) is 4. The fraction of sp³-hybridized carbons (Fsp3) is 0.333. The first-order chi connectivity index (χ1) is 7.88. The summed E-state index contributed by atoms with van der Waals surface area (Å²) in [7, 11) is 0. The summed E-state index contributed by atoms with van der Waals surface area (Å²) in [4.78, 5) is 12.2. The van der Waals surface area contributed by atoms with E-state index in [4.69, 9.17) is 4.74 Å². The second kappa shape index (κ2) is 5.06. The molecule has 2 heterocycles. The van der Waals surface area contributed by atoms with Gasteiger partial charge in [-0.3, -0.25) is 5.10 Å². The van der Waals surface area contributed by atoms with Crippen LogP contribution < -0.4 is 10.1 Å². The van der Waals surface area contributed by atoms with Gasteiger partial charge in [-0.05, 0) is 6.92 Å². The minimum Gasteiger partial charge on any atom is -0.478 e. The van der Waals surface area contributed by atoms with Gasteiger partial charge < -0.3 is 10.1 Å². The third-order valence-electron chi connectivity index (χ3n) is 1.80. The van der Waals surface area contributed by atoms with Gasteiger partial charge in [-0.25, -0.2) is 9.97 Å². The molecule has 0 amide bonds. The Morgan fingerprint density at radius 3 is 3.12 bits per heavy atom. The van der Waals surface area contributed by atoms with Crippen LogP contribution in [0.2, 0.25) is 0 Å². The summed E-state index contributed by atoms with van der Waals surface area (Å²) >= 11 is 0.